The van der Waals surface area contributed by atoms with Crippen molar-refractivity contribution in [1.82, 2.24) is 14.6 Å². The van der Waals surface area contributed by atoms with E-state index in [0.717, 1.165) is 22.2 Å². The zero-order valence-electron chi connectivity index (χ0n) is 17.5. The number of benzene rings is 2. The normalized spacial score (nSPS) is 20.2. The molecule has 2 aliphatic heterocycles. The Labute approximate surface area is 190 Å². The number of carbonyl (C=O) groups is 1. The number of hydrogen-bond donors (Lipinski definition) is 2. The van der Waals surface area contributed by atoms with E-state index in [2.05, 4.69) is 9.71 Å². The van der Waals surface area contributed by atoms with E-state index in [1.807, 2.05) is 0 Å². The van der Waals surface area contributed by atoms with Crippen molar-refractivity contribution in [1.29, 1.82) is 0 Å². The molecule has 3 aromatic rings. The third-order valence-corrected chi connectivity index (χ3v) is 9.49. The monoisotopic (exact) mass is 491 g/mol. The highest BCUT2D eigenvalue weighted by Gasteiger charge is 2.31. The molecule has 2 aromatic carbocycles. The fourth-order valence-electron chi connectivity index (χ4n) is 4.49. The van der Waals surface area contributed by atoms with Crippen molar-refractivity contribution in [3.05, 3.63) is 65.1 Å². The number of nitrogens with zero attached hydrogens (tertiary/aromatic N) is 1. The summed E-state index contributed by atoms with van der Waals surface area (Å²) in [5, 5.41) is 0.754. The van der Waals surface area contributed by atoms with Gasteiger partial charge in [-0.05, 0) is 48.9 Å². The van der Waals surface area contributed by atoms with E-state index in [9.17, 15) is 26.0 Å². The van der Waals surface area contributed by atoms with Crippen molar-refractivity contribution in [3.8, 4) is 0 Å². The zero-order valence-corrected chi connectivity index (χ0v) is 19.2. The lowest BCUT2D eigenvalue weighted by atomic mass is 10.0. The summed E-state index contributed by atoms with van der Waals surface area (Å²) in [4.78, 5) is 18.0. The second-order valence-corrected chi connectivity index (χ2v) is 12.4. The van der Waals surface area contributed by atoms with Crippen LogP contribution in [0.1, 0.15) is 28.0 Å². The van der Waals surface area contributed by atoms with Gasteiger partial charge in [0.1, 0.15) is 5.82 Å². The van der Waals surface area contributed by atoms with Crippen LogP contribution in [0.25, 0.3) is 10.9 Å². The van der Waals surface area contributed by atoms with Crippen LogP contribution in [-0.2, 0) is 32.8 Å². The third kappa shape index (κ3) is 4.28. The van der Waals surface area contributed by atoms with Gasteiger partial charge in [-0.2, -0.15) is 0 Å². The van der Waals surface area contributed by atoms with Crippen molar-refractivity contribution in [3.63, 3.8) is 0 Å². The molecule has 2 N–H and O–H groups in total. The Morgan fingerprint density at radius 2 is 1.91 bits per heavy atom. The molecule has 0 saturated carbocycles. The molecule has 1 aromatic heterocycles. The molecule has 0 aliphatic carbocycles. The van der Waals surface area contributed by atoms with E-state index < -0.39 is 25.9 Å². The molecule has 174 valence electrons. The average molecular weight is 492 g/mol. The van der Waals surface area contributed by atoms with Crippen LogP contribution < -0.4 is 4.72 Å². The number of fused-ring (bicyclic) bond motifs is 3. The summed E-state index contributed by atoms with van der Waals surface area (Å²) in [6.45, 7) is 0.814. The number of rotatable bonds is 4. The second kappa shape index (κ2) is 7.93. The van der Waals surface area contributed by atoms with E-state index in [-0.39, 0.29) is 34.5 Å². The van der Waals surface area contributed by atoms with E-state index >= 15 is 0 Å². The van der Waals surface area contributed by atoms with Gasteiger partial charge in [-0.1, -0.05) is 0 Å². The predicted molar refractivity (Wildman–Crippen MR) is 121 cm³/mol. The van der Waals surface area contributed by atoms with Crippen LogP contribution in [-0.4, -0.2) is 56.7 Å². The third-order valence-electron chi connectivity index (χ3n) is 6.19. The minimum Gasteiger partial charge on any atom is -0.358 e. The standard InChI is InChI=1S/C22H22FN3O5S2/c23-15-3-6-20-18(11-15)19-12-26(9-7-21(19)24-20)22(27)14-1-4-17(5-2-14)33(30,31)25-16-8-10-32(28,29)13-16/h1-6,11,16,24-25H,7-10,12-13H2. The molecule has 0 bridgehead atoms. The van der Waals surface area contributed by atoms with Gasteiger partial charge in [0.25, 0.3) is 5.91 Å². The quantitative estimate of drug-likeness (QED) is 0.579. The molecule has 5 rings (SSSR count). The van der Waals surface area contributed by atoms with Crippen LogP contribution in [0.15, 0.2) is 47.4 Å². The van der Waals surface area contributed by atoms with Gasteiger partial charge in [-0.3, -0.25) is 4.79 Å². The number of H-pyrrole nitrogens is 1. The molecule has 1 unspecified atom stereocenters. The summed E-state index contributed by atoms with van der Waals surface area (Å²) in [5.74, 6) is -0.829. The first-order chi connectivity index (χ1) is 15.6. The molecule has 2 aliphatic rings. The topological polar surface area (TPSA) is 116 Å². The molecular weight excluding hydrogens is 469 g/mol. The SMILES string of the molecule is O=C(c1ccc(S(=O)(=O)NC2CCS(=O)(=O)C2)cc1)N1CCc2[nH]c3ccc(F)cc3c2C1. The number of carbonyl (C=O) groups excluding carboxylic acids is 1. The maximum absolute atomic E-state index is 13.7. The minimum atomic E-state index is -3.90. The Balaban J connectivity index is 1.32. The molecule has 33 heavy (non-hydrogen) atoms. The van der Waals surface area contributed by atoms with Gasteiger partial charge in [0, 0.05) is 53.3 Å². The van der Waals surface area contributed by atoms with Crippen molar-refractivity contribution >= 4 is 36.7 Å². The number of halogens is 1. The molecular formula is C22H22FN3O5S2. The highest BCUT2D eigenvalue weighted by molar-refractivity contribution is 7.92. The molecule has 3 heterocycles. The molecule has 1 amide bonds. The highest BCUT2D eigenvalue weighted by Crippen LogP contribution is 2.29. The fourth-order valence-corrected chi connectivity index (χ4v) is 7.54. The second-order valence-electron chi connectivity index (χ2n) is 8.49. The molecule has 8 nitrogen and oxygen atoms in total. The van der Waals surface area contributed by atoms with E-state index in [1.54, 1.807) is 11.0 Å². The Morgan fingerprint density at radius 3 is 2.61 bits per heavy atom. The Hall–Kier alpha value is -2.76. The summed E-state index contributed by atoms with van der Waals surface area (Å²) in [7, 11) is -7.11. The fraction of sp³-hybridized carbons (Fsp3) is 0.318. The Bertz CT molecular complexity index is 1460. The van der Waals surface area contributed by atoms with Crippen molar-refractivity contribution in [2.24, 2.45) is 0 Å². The van der Waals surface area contributed by atoms with Gasteiger partial charge < -0.3 is 9.88 Å². The molecule has 1 fully saturated rings. The summed E-state index contributed by atoms with van der Waals surface area (Å²) >= 11 is 0. The largest absolute Gasteiger partial charge is 0.358 e. The highest BCUT2D eigenvalue weighted by atomic mass is 32.2. The van der Waals surface area contributed by atoms with E-state index in [1.165, 1.54) is 36.4 Å². The van der Waals surface area contributed by atoms with Gasteiger partial charge in [0.2, 0.25) is 10.0 Å². The van der Waals surface area contributed by atoms with Crippen LogP contribution in [0.2, 0.25) is 0 Å². The van der Waals surface area contributed by atoms with E-state index in [0.29, 0.717) is 25.1 Å². The van der Waals surface area contributed by atoms with Gasteiger partial charge in [-0.25, -0.2) is 25.9 Å². The van der Waals surface area contributed by atoms with Crippen LogP contribution >= 0.6 is 0 Å². The maximum Gasteiger partial charge on any atom is 0.254 e. The lowest BCUT2D eigenvalue weighted by Gasteiger charge is -2.27. The van der Waals surface area contributed by atoms with E-state index in [4.69, 9.17) is 0 Å². The number of sulfonamides is 1. The summed E-state index contributed by atoms with van der Waals surface area (Å²) in [6, 6.07) is 9.47. The average Bonchev–Trinajstić information content (AvgIpc) is 3.31. The van der Waals surface area contributed by atoms with Crippen LogP contribution in [0, 0.1) is 5.82 Å². The molecule has 11 heteroatoms. The van der Waals surface area contributed by atoms with Crippen LogP contribution in [0.3, 0.4) is 0 Å². The molecule has 1 saturated heterocycles. The summed E-state index contributed by atoms with van der Waals surface area (Å²) in [6.07, 6.45) is 0.852. The Kier molecular flexibility index (Phi) is 5.30. The van der Waals surface area contributed by atoms with Crippen LogP contribution in [0.5, 0.6) is 0 Å². The van der Waals surface area contributed by atoms with Gasteiger partial charge >= 0.3 is 0 Å². The number of nitrogens with one attached hydrogen (secondary N) is 2. The van der Waals surface area contributed by atoms with Crippen molar-refractivity contribution in [2.75, 3.05) is 18.1 Å². The number of sulfone groups is 1. The Morgan fingerprint density at radius 1 is 1.15 bits per heavy atom. The number of aromatic nitrogens is 1. The van der Waals surface area contributed by atoms with Crippen molar-refractivity contribution < 1.29 is 26.0 Å². The van der Waals surface area contributed by atoms with Gasteiger partial charge in [0.15, 0.2) is 9.84 Å². The summed E-state index contributed by atoms with van der Waals surface area (Å²) < 4.78 is 64.5. The molecule has 0 spiro atoms. The predicted octanol–water partition coefficient (Wildman–Crippen LogP) is 1.97. The first-order valence-electron chi connectivity index (χ1n) is 10.5. The lowest BCUT2D eigenvalue weighted by Crippen LogP contribution is -2.36. The number of amides is 1. The first-order valence-corrected chi connectivity index (χ1v) is 13.8. The van der Waals surface area contributed by atoms with Gasteiger partial charge in [0.05, 0.1) is 16.4 Å². The maximum atomic E-state index is 13.7. The number of aromatic amines is 1. The molecule has 0 radical (unpaired) electrons. The van der Waals surface area contributed by atoms with Crippen LogP contribution in [0.4, 0.5) is 4.39 Å². The first kappa shape index (κ1) is 22.1. The minimum absolute atomic E-state index is 0.0311. The molecule has 1 atom stereocenters. The zero-order chi connectivity index (χ0) is 23.4. The van der Waals surface area contributed by atoms with Crippen molar-refractivity contribution in [2.45, 2.75) is 30.3 Å². The summed E-state index contributed by atoms with van der Waals surface area (Å²) in [5.41, 5.74) is 3.04. The lowest BCUT2D eigenvalue weighted by molar-refractivity contribution is 0.0735. The number of hydrogen-bond acceptors (Lipinski definition) is 5. The van der Waals surface area contributed by atoms with Gasteiger partial charge in [-0.15, -0.1) is 0 Å². The smallest absolute Gasteiger partial charge is 0.254 e.